The average Bonchev–Trinajstić information content (AvgIpc) is 2.81. The van der Waals surface area contributed by atoms with Crippen molar-refractivity contribution in [2.75, 3.05) is 11.9 Å². The van der Waals surface area contributed by atoms with Gasteiger partial charge in [0, 0.05) is 18.7 Å². The fraction of sp³-hybridized carbons (Fsp3) is 0.421. The van der Waals surface area contributed by atoms with E-state index in [9.17, 15) is 14.4 Å². The molecule has 5 heteroatoms. The number of aryl methyl sites for hydroxylation is 2. The molecule has 0 bridgehead atoms. The highest BCUT2D eigenvalue weighted by atomic mass is 16.2. The SMILES string of the molecule is Cc1ccc(NC(=O)CCN2C(=O)[C@H]3CC=CC[C@H]3C2=O)cc1C. The number of carbonyl (C=O) groups is 3. The lowest BCUT2D eigenvalue weighted by atomic mass is 9.85. The molecule has 0 spiro atoms. The van der Waals surface area contributed by atoms with Crippen LogP contribution >= 0.6 is 0 Å². The van der Waals surface area contributed by atoms with Crippen molar-refractivity contribution >= 4 is 23.4 Å². The number of nitrogens with zero attached hydrogens (tertiary/aromatic N) is 1. The van der Waals surface area contributed by atoms with E-state index in [-0.39, 0.29) is 42.5 Å². The fourth-order valence-corrected chi connectivity index (χ4v) is 3.35. The van der Waals surface area contributed by atoms with E-state index in [1.165, 1.54) is 4.90 Å². The summed E-state index contributed by atoms with van der Waals surface area (Å²) in [5.74, 6) is -0.913. The van der Waals surface area contributed by atoms with Gasteiger partial charge in [0.25, 0.3) is 0 Å². The highest BCUT2D eigenvalue weighted by molar-refractivity contribution is 6.05. The summed E-state index contributed by atoms with van der Waals surface area (Å²) in [6, 6.07) is 5.72. The fourth-order valence-electron chi connectivity index (χ4n) is 3.35. The lowest BCUT2D eigenvalue weighted by Gasteiger charge is -2.14. The number of allylic oxidation sites excluding steroid dienone is 2. The zero-order chi connectivity index (χ0) is 17.3. The molecule has 1 aromatic rings. The van der Waals surface area contributed by atoms with Gasteiger partial charge in [0.2, 0.25) is 17.7 Å². The zero-order valence-electron chi connectivity index (χ0n) is 14.0. The number of benzene rings is 1. The van der Waals surface area contributed by atoms with Crippen LogP contribution in [0.3, 0.4) is 0 Å². The monoisotopic (exact) mass is 326 g/mol. The van der Waals surface area contributed by atoms with Gasteiger partial charge in [-0.25, -0.2) is 0 Å². The van der Waals surface area contributed by atoms with Crippen LogP contribution in [-0.2, 0) is 14.4 Å². The Labute approximate surface area is 141 Å². The second kappa shape index (κ2) is 6.59. The van der Waals surface area contributed by atoms with Crippen LogP contribution in [0.4, 0.5) is 5.69 Å². The Balaban J connectivity index is 1.57. The standard InChI is InChI=1S/C19H22N2O3/c1-12-7-8-14(11-13(12)2)20-17(22)9-10-21-18(23)15-5-3-4-6-16(15)19(21)24/h3-4,7-8,11,15-16H,5-6,9-10H2,1-2H3,(H,20,22)/t15-,16+. The molecule has 0 saturated carbocycles. The number of nitrogens with one attached hydrogen (secondary N) is 1. The molecule has 1 fully saturated rings. The Morgan fingerprint density at radius 2 is 1.71 bits per heavy atom. The van der Waals surface area contributed by atoms with E-state index in [1.807, 2.05) is 44.2 Å². The molecule has 1 aliphatic carbocycles. The van der Waals surface area contributed by atoms with Crippen molar-refractivity contribution in [1.82, 2.24) is 4.90 Å². The van der Waals surface area contributed by atoms with Crippen LogP contribution < -0.4 is 5.32 Å². The number of carbonyl (C=O) groups excluding carboxylic acids is 3. The van der Waals surface area contributed by atoms with Gasteiger partial charge in [0.15, 0.2) is 0 Å². The van der Waals surface area contributed by atoms with Gasteiger partial charge in [-0.05, 0) is 49.9 Å². The minimum absolute atomic E-state index is 0.122. The van der Waals surface area contributed by atoms with Crippen LogP contribution in [-0.4, -0.2) is 29.2 Å². The largest absolute Gasteiger partial charge is 0.326 e. The van der Waals surface area contributed by atoms with Crippen molar-refractivity contribution in [2.24, 2.45) is 11.8 Å². The van der Waals surface area contributed by atoms with Crippen LogP contribution in [0, 0.1) is 25.7 Å². The van der Waals surface area contributed by atoms with E-state index < -0.39 is 0 Å². The Morgan fingerprint density at radius 1 is 1.08 bits per heavy atom. The van der Waals surface area contributed by atoms with E-state index in [4.69, 9.17) is 0 Å². The molecule has 1 aliphatic heterocycles. The molecule has 1 heterocycles. The second-order valence-electron chi connectivity index (χ2n) is 6.58. The molecule has 3 amide bonds. The number of fused-ring (bicyclic) bond motifs is 1. The molecule has 126 valence electrons. The molecule has 1 aromatic carbocycles. The zero-order valence-corrected chi connectivity index (χ0v) is 14.0. The first-order chi connectivity index (χ1) is 11.5. The topological polar surface area (TPSA) is 66.5 Å². The second-order valence-corrected chi connectivity index (χ2v) is 6.58. The number of hydrogen-bond donors (Lipinski definition) is 1. The number of rotatable bonds is 4. The summed E-state index contributed by atoms with van der Waals surface area (Å²) in [4.78, 5) is 38.1. The van der Waals surface area contributed by atoms with E-state index in [2.05, 4.69) is 5.32 Å². The molecule has 0 aromatic heterocycles. The molecule has 3 rings (SSSR count). The molecule has 24 heavy (non-hydrogen) atoms. The van der Waals surface area contributed by atoms with Crippen LogP contribution in [0.15, 0.2) is 30.4 Å². The third-order valence-corrected chi connectivity index (χ3v) is 4.95. The van der Waals surface area contributed by atoms with E-state index in [0.29, 0.717) is 12.8 Å². The van der Waals surface area contributed by atoms with Crippen LogP contribution in [0.25, 0.3) is 0 Å². The number of amides is 3. The third-order valence-electron chi connectivity index (χ3n) is 4.95. The summed E-state index contributed by atoms with van der Waals surface area (Å²) in [6.45, 7) is 4.16. The van der Waals surface area contributed by atoms with Crippen LogP contribution in [0.2, 0.25) is 0 Å². The summed E-state index contributed by atoms with van der Waals surface area (Å²) >= 11 is 0. The predicted molar refractivity (Wildman–Crippen MR) is 91.2 cm³/mol. The van der Waals surface area contributed by atoms with Crippen molar-refractivity contribution in [3.8, 4) is 0 Å². The summed E-state index contributed by atoms with van der Waals surface area (Å²) in [5.41, 5.74) is 3.01. The van der Waals surface area contributed by atoms with Gasteiger partial charge in [-0.1, -0.05) is 18.2 Å². The lowest BCUT2D eigenvalue weighted by molar-refractivity contribution is -0.140. The van der Waals surface area contributed by atoms with Gasteiger partial charge in [0.05, 0.1) is 11.8 Å². The first-order valence-corrected chi connectivity index (χ1v) is 8.34. The lowest BCUT2D eigenvalue weighted by Crippen LogP contribution is -2.34. The minimum atomic E-state index is -0.231. The van der Waals surface area contributed by atoms with E-state index in [1.54, 1.807) is 0 Å². The minimum Gasteiger partial charge on any atom is -0.326 e. The summed E-state index contributed by atoms with van der Waals surface area (Å²) in [7, 11) is 0. The average molecular weight is 326 g/mol. The third kappa shape index (κ3) is 3.11. The van der Waals surface area contributed by atoms with Gasteiger partial charge >= 0.3 is 0 Å². The normalized spacial score (nSPS) is 22.7. The molecular formula is C19H22N2O3. The van der Waals surface area contributed by atoms with Gasteiger partial charge in [-0.15, -0.1) is 0 Å². The van der Waals surface area contributed by atoms with Crippen molar-refractivity contribution in [1.29, 1.82) is 0 Å². The van der Waals surface area contributed by atoms with Crippen molar-refractivity contribution < 1.29 is 14.4 Å². The summed E-state index contributed by atoms with van der Waals surface area (Å²) < 4.78 is 0. The maximum atomic E-state index is 12.3. The molecule has 0 radical (unpaired) electrons. The Kier molecular flexibility index (Phi) is 4.51. The van der Waals surface area contributed by atoms with Gasteiger partial charge in [0.1, 0.15) is 0 Å². The maximum Gasteiger partial charge on any atom is 0.233 e. The Morgan fingerprint density at radius 3 is 2.29 bits per heavy atom. The number of likely N-dealkylation sites (tertiary alicyclic amines) is 1. The van der Waals surface area contributed by atoms with Crippen molar-refractivity contribution in [2.45, 2.75) is 33.1 Å². The summed E-state index contributed by atoms with van der Waals surface area (Å²) in [6.07, 6.45) is 5.29. The first-order valence-electron chi connectivity index (χ1n) is 8.34. The van der Waals surface area contributed by atoms with Gasteiger partial charge in [-0.2, -0.15) is 0 Å². The number of hydrogen-bond acceptors (Lipinski definition) is 3. The molecule has 2 aliphatic rings. The molecule has 2 atom stereocenters. The number of anilines is 1. The van der Waals surface area contributed by atoms with E-state index in [0.717, 1.165) is 16.8 Å². The quantitative estimate of drug-likeness (QED) is 0.683. The molecule has 0 unspecified atom stereocenters. The molecule has 1 saturated heterocycles. The highest BCUT2D eigenvalue weighted by Crippen LogP contribution is 2.35. The van der Waals surface area contributed by atoms with Crippen molar-refractivity contribution in [3.63, 3.8) is 0 Å². The Bertz CT molecular complexity index is 697. The maximum absolute atomic E-state index is 12.3. The molecule has 5 nitrogen and oxygen atoms in total. The predicted octanol–water partition coefficient (Wildman–Crippen LogP) is 2.58. The highest BCUT2D eigenvalue weighted by Gasteiger charge is 2.46. The van der Waals surface area contributed by atoms with Crippen molar-refractivity contribution in [3.05, 3.63) is 41.5 Å². The van der Waals surface area contributed by atoms with Crippen LogP contribution in [0.1, 0.15) is 30.4 Å². The van der Waals surface area contributed by atoms with Crippen LogP contribution in [0.5, 0.6) is 0 Å². The molecular weight excluding hydrogens is 304 g/mol. The van der Waals surface area contributed by atoms with Gasteiger partial charge in [-0.3, -0.25) is 19.3 Å². The Hall–Kier alpha value is -2.43. The molecule has 1 N–H and O–H groups in total. The van der Waals surface area contributed by atoms with Gasteiger partial charge < -0.3 is 5.32 Å². The van der Waals surface area contributed by atoms with E-state index >= 15 is 0 Å². The summed E-state index contributed by atoms with van der Waals surface area (Å²) in [5, 5.41) is 2.83. The number of imide groups is 1. The smallest absolute Gasteiger partial charge is 0.233 e. The first kappa shape index (κ1) is 16.4.